The Bertz CT molecular complexity index is 506. The summed E-state index contributed by atoms with van der Waals surface area (Å²) in [6, 6.07) is 3.03. The van der Waals surface area contributed by atoms with Crippen LogP contribution in [0.25, 0.3) is 0 Å². The fourth-order valence-corrected chi connectivity index (χ4v) is 2.60. The van der Waals surface area contributed by atoms with Crippen LogP contribution in [0.15, 0.2) is 12.1 Å². The summed E-state index contributed by atoms with van der Waals surface area (Å²) in [6.07, 6.45) is -0.102. The number of hydrogen-bond donors (Lipinski definition) is 0. The lowest BCUT2D eigenvalue weighted by Gasteiger charge is -2.21. The Balaban J connectivity index is 2.38. The van der Waals surface area contributed by atoms with Crippen molar-refractivity contribution in [3.63, 3.8) is 0 Å². The van der Waals surface area contributed by atoms with Crippen LogP contribution in [0, 0.1) is 12.7 Å². The summed E-state index contributed by atoms with van der Waals surface area (Å²) in [5, 5.41) is 0. The molecule has 1 aromatic carbocycles. The van der Waals surface area contributed by atoms with Crippen molar-refractivity contribution in [2.45, 2.75) is 26.1 Å². The van der Waals surface area contributed by atoms with Gasteiger partial charge in [-0.3, -0.25) is 4.79 Å². The van der Waals surface area contributed by atoms with Gasteiger partial charge in [0, 0.05) is 38.6 Å². The van der Waals surface area contributed by atoms with E-state index in [-0.39, 0.29) is 23.8 Å². The smallest absolute Gasteiger partial charge is 0.161 e. The number of anilines is 1. The van der Waals surface area contributed by atoms with Gasteiger partial charge in [-0.2, -0.15) is 0 Å². The molecule has 1 heterocycles. The maximum atomic E-state index is 13.7. The predicted molar refractivity (Wildman–Crippen MR) is 74.9 cm³/mol. The number of hydrogen-bond acceptors (Lipinski definition) is 4. The van der Waals surface area contributed by atoms with Crippen molar-refractivity contribution in [1.29, 1.82) is 0 Å². The summed E-state index contributed by atoms with van der Waals surface area (Å²) in [6.45, 7) is 4.40. The zero-order valence-electron chi connectivity index (χ0n) is 12.3. The van der Waals surface area contributed by atoms with Crippen LogP contribution in [0.2, 0.25) is 0 Å². The number of Topliss-reactive ketones (excluding diaryl/α,β-unsaturated/α-hetero) is 1. The lowest BCUT2D eigenvalue weighted by Crippen LogP contribution is -2.27. The molecule has 1 fully saturated rings. The molecule has 2 unspecified atom stereocenters. The monoisotopic (exact) mass is 281 g/mol. The van der Waals surface area contributed by atoms with E-state index in [1.165, 1.54) is 13.0 Å². The standard InChI is InChI=1S/C15H20FNO3/c1-9-5-13(11(10(2)18)6-12(9)16)17-7-14(19-3)15(8-17)20-4/h5-6,14-15H,7-8H2,1-4H3. The molecule has 0 aliphatic carbocycles. The van der Waals surface area contributed by atoms with Crippen LogP contribution in [0.5, 0.6) is 0 Å². The van der Waals surface area contributed by atoms with Crippen LogP contribution in [-0.4, -0.2) is 45.3 Å². The van der Waals surface area contributed by atoms with Gasteiger partial charge in [0.15, 0.2) is 5.78 Å². The van der Waals surface area contributed by atoms with Crippen LogP contribution in [0.4, 0.5) is 10.1 Å². The first-order valence-electron chi connectivity index (χ1n) is 6.59. The number of carbonyl (C=O) groups is 1. The number of ether oxygens (including phenoxy) is 2. The highest BCUT2D eigenvalue weighted by molar-refractivity contribution is 6.00. The first-order valence-corrected chi connectivity index (χ1v) is 6.59. The molecule has 110 valence electrons. The number of ketones is 1. The number of halogens is 1. The molecular weight excluding hydrogens is 261 g/mol. The Morgan fingerprint density at radius 2 is 1.80 bits per heavy atom. The molecule has 2 atom stereocenters. The summed E-state index contributed by atoms with van der Waals surface area (Å²) < 4.78 is 24.5. The van der Waals surface area contributed by atoms with Crippen LogP contribution in [0.3, 0.4) is 0 Å². The van der Waals surface area contributed by atoms with Gasteiger partial charge in [-0.15, -0.1) is 0 Å². The van der Waals surface area contributed by atoms with Gasteiger partial charge >= 0.3 is 0 Å². The molecule has 0 radical (unpaired) electrons. The number of carbonyl (C=O) groups excluding carboxylic acids is 1. The summed E-state index contributed by atoms with van der Waals surface area (Å²) in [7, 11) is 3.28. The fraction of sp³-hybridized carbons (Fsp3) is 0.533. The Labute approximate surface area is 118 Å². The van der Waals surface area contributed by atoms with Crippen LogP contribution in [-0.2, 0) is 9.47 Å². The SMILES string of the molecule is COC1CN(c2cc(C)c(F)cc2C(C)=O)CC1OC. The van der Waals surface area contributed by atoms with E-state index in [2.05, 4.69) is 0 Å². The second kappa shape index (κ2) is 5.89. The second-order valence-electron chi connectivity index (χ2n) is 5.13. The van der Waals surface area contributed by atoms with E-state index in [0.717, 1.165) is 5.69 Å². The molecule has 1 aliphatic heterocycles. The minimum absolute atomic E-state index is 0.0508. The Hall–Kier alpha value is -1.46. The quantitative estimate of drug-likeness (QED) is 0.793. The van der Waals surface area contributed by atoms with Crippen LogP contribution < -0.4 is 4.90 Å². The van der Waals surface area contributed by atoms with E-state index in [9.17, 15) is 9.18 Å². The van der Waals surface area contributed by atoms with Crippen LogP contribution in [0.1, 0.15) is 22.8 Å². The maximum Gasteiger partial charge on any atom is 0.161 e. The van der Waals surface area contributed by atoms with Crippen molar-refractivity contribution in [2.24, 2.45) is 0 Å². The molecule has 1 aliphatic rings. The van der Waals surface area contributed by atoms with Gasteiger partial charge < -0.3 is 14.4 Å². The third kappa shape index (κ3) is 2.69. The van der Waals surface area contributed by atoms with Crippen LogP contribution >= 0.6 is 0 Å². The van der Waals surface area contributed by atoms with Crippen molar-refractivity contribution < 1.29 is 18.7 Å². The van der Waals surface area contributed by atoms with Gasteiger partial charge in [-0.25, -0.2) is 4.39 Å². The van der Waals surface area contributed by atoms with Crippen molar-refractivity contribution in [3.8, 4) is 0 Å². The zero-order chi connectivity index (χ0) is 14.9. The summed E-state index contributed by atoms with van der Waals surface area (Å²) in [5.74, 6) is -0.501. The average molecular weight is 281 g/mol. The minimum Gasteiger partial charge on any atom is -0.377 e. The van der Waals surface area contributed by atoms with Crippen molar-refractivity contribution in [2.75, 3.05) is 32.2 Å². The highest BCUT2D eigenvalue weighted by Gasteiger charge is 2.34. The van der Waals surface area contributed by atoms with Crippen molar-refractivity contribution in [1.82, 2.24) is 0 Å². The number of rotatable bonds is 4. The fourth-order valence-electron chi connectivity index (χ4n) is 2.60. The molecule has 20 heavy (non-hydrogen) atoms. The molecular formula is C15H20FNO3. The molecule has 0 aromatic heterocycles. The largest absolute Gasteiger partial charge is 0.377 e. The lowest BCUT2D eigenvalue weighted by atomic mass is 10.1. The van der Waals surface area contributed by atoms with Gasteiger partial charge in [0.1, 0.15) is 18.0 Å². The second-order valence-corrected chi connectivity index (χ2v) is 5.13. The summed E-state index contributed by atoms with van der Waals surface area (Å²) >= 11 is 0. The number of nitrogens with zero attached hydrogens (tertiary/aromatic N) is 1. The van der Waals surface area contributed by atoms with Gasteiger partial charge in [0.2, 0.25) is 0 Å². The van der Waals surface area contributed by atoms with Crippen molar-refractivity contribution in [3.05, 3.63) is 29.1 Å². The Kier molecular flexibility index (Phi) is 4.40. The van der Waals surface area contributed by atoms with E-state index >= 15 is 0 Å². The van der Waals surface area contributed by atoms with E-state index < -0.39 is 0 Å². The topological polar surface area (TPSA) is 38.8 Å². The summed E-state index contributed by atoms with van der Waals surface area (Å²) in [4.78, 5) is 13.8. The normalized spacial score (nSPS) is 22.4. The molecule has 0 spiro atoms. The molecule has 2 rings (SSSR count). The summed E-state index contributed by atoms with van der Waals surface area (Å²) in [5.41, 5.74) is 1.68. The highest BCUT2D eigenvalue weighted by Crippen LogP contribution is 2.29. The maximum absolute atomic E-state index is 13.7. The van der Waals surface area contributed by atoms with Crippen molar-refractivity contribution >= 4 is 11.5 Å². The average Bonchev–Trinajstić information content (AvgIpc) is 2.84. The van der Waals surface area contributed by atoms with Gasteiger partial charge in [0.25, 0.3) is 0 Å². The Morgan fingerprint density at radius 3 is 2.25 bits per heavy atom. The molecule has 5 heteroatoms. The third-order valence-electron chi connectivity index (χ3n) is 3.82. The van der Waals surface area contributed by atoms with E-state index in [4.69, 9.17) is 9.47 Å². The molecule has 1 saturated heterocycles. The molecule has 0 N–H and O–H groups in total. The number of aryl methyl sites for hydroxylation is 1. The zero-order valence-corrected chi connectivity index (χ0v) is 12.3. The van der Waals surface area contributed by atoms with Gasteiger partial charge in [-0.05, 0) is 31.5 Å². The molecule has 0 saturated carbocycles. The van der Waals surface area contributed by atoms with Gasteiger partial charge in [0.05, 0.1) is 0 Å². The first-order chi connectivity index (χ1) is 9.47. The molecule has 4 nitrogen and oxygen atoms in total. The number of benzene rings is 1. The minimum atomic E-state index is -0.357. The molecule has 0 bridgehead atoms. The van der Waals surface area contributed by atoms with E-state index in [1.54, 1.807) is 27.2 Å². The highest BCUT2D eigenvalue weighted by atomic mass is 19.1. The molecule has 1 aromatic rings. The molecule has 0 amide bonds. The third-order valence-corrected chi connectivity index (χ3v) is 3.82. The predicted octanol–water partition coefficient (Wildman–Crippen LogP) is 2.19. The first kappa shape index (κ1) is 14.9. The van der Waals surface area contributed by atoms with E-state index in [0.29, 0.717) is 24.2 Å². The lowest BCUT2D eigenvalue weighted by molar-refractivity contribution is -0.00461. The Morgan fingerprint density at radius 1 is 1.25 bits per heavy atom. The van der Waals surface area contributed by atoms with Gasteiger partial charge in [-0.1, -0.05) is 0 Å². The number of methoxy groups -OCH3 is 2. The van der Waals surface area contributed by atoms with E-state index in [1.807, 2.05) is 4.90 Å².